The number of nitrogens with one attached hydrogen (secondary N) is 1. The molecule has 0 saturated heterocycles. The first-order chi connectivity index (χ1) is 9.36. The summed E-state index contributed by atoms with van der Waals surface area (Å²) < 4.78 is 14.7. The first-order valence-corrected chi connectivity index (χ1v) is 6.77. The average molecular weight is 276 g/mol. The van der Waals surface area contributed by atoms with Crippen molar-refractivity contribution in [1.82, 2.24) is 20.3 Å². The van der Waals surface area contributed by atoms with E-state index in [-0.39, 0.29) is 17.4 Å². The molecule has 1 aromatic carbocycles. The molecule has 0 saturated carbocycles. The van der Waals surface area contributed by atoms with Crippen molar-refractivity contribution in [2.24, 2.45) is 0 Å². The van der Waals surface area contributed by atoms with Crippen LogP contribution < -0.4 is 5.32 Å². The van der Waals surface area contributed by atoms with E-state index in [4.69, 9.17) is 0 Å². The Morgan fingerprint density at radius 3 is 2.45 bits per heavy atom. The summed E-state index contributed by atoms with van der Waals surface area (Å²) >= 11 is 0. The van der Waals surface area contributed by atoms with E-state index in [2.05, 4.69) is 36.4 Å². The molecule has 2 rings (SSSR count). The number of halogens is 1. The van der Waals surface area contributed by atoms with Crippen molar-refractivity contribution in [3.05, 3.63) is 47.5 Å². The van der Waals surface area contributed by atoms with Crippen molar-refractivity contribution in [3.63, 3.8) is 0 Å². The van der Waals surface area contributed by atoms with Crippen LogP contribution in [0.25, 0.3) is 0 Å². The van der Waals surface area contributed by atoms with Crippen LogP contribution in [0.5, 0.6) is 0 Å². The van der Waals surface area contributed by atoms with Crippen LogP contribution in [-0.2, 0) is 12.1 Å². The second kappa shape index (κ2) is 5.71. The second-order valence-electron chi connectivity index (χ2n) is 5.98. The summed E-state index contributed by atoms with van der Waals surface area (Å²) in [7, 11) is 0. The molecule has 0 fully saturated rings. The molecule has 4 nitrogen and oxygen atoms in total. The maximum absolute atomic E-state index is 12.9. The van der Waals surface area contributed by atoms with E-state index in [0.717, 1.165) is 11.3 Å². The molecule has 108 valence electrons. The Labute approximate surface area is 119 Å². The molecular formula is C15H21FN4. The molecule has 2 aromatic rings. The van der Waals surface area contributed by atoms with E-state index in [1.807, 2.05) is 17.8 Å². The highest BCUT2D eigenvalue weighted by atomic mass is 19.1. The molecule has 0 aliphatic rings. The van der Waals surface area contributed by atoms with Gasteiger partial charge < -0.3 is 5.32 Å². The fourth-order valence-electron chi connectivity index (χ4n) is 1.83. The van der Waals surface area contributed by atoms with Crippen molar-refractivity contribution >= 4 is 0 Å². The zero-order valence-electron chi connectivity index (χ0n) is 12.4. The summed E-state index contributed by atoms with van der Waals surface area (Å²) in [4.78, 5) is 0. The minimum absolute atomic E-state index is 0.0617. The largest absolute Gasteiger partial charge is 0.304 e. The van der Waals surface area contributed by atoms with Gasteiger partial charge in [0, 0.05) is 12.6 Å². The van der Waals surface area contributed by atoms with Gasteiger partial charge in [-0.1, -0.05) is 17.3 Å². The highest BCUT2D eigenvalue weighted by molar-refractivity contribution is 5.19. The topological polar surface area (TPSA) is 42.7 Å². The van der Waals surface area contributed by atoms with Crippen LogP contribution in [0.15, 0.2) is 30.5 Å². The summed E-state index contributed by atoms with van der Waals surface area (Å²) in [5.41, 5.74) is 1.89. The third-order valence-corrected chi connectivity index (χ3v) is 3.19. The summed E-state index contributed by atoms with van der Waals surface area (Å²) in [5, 5.41) is 11.6. The first-order valence-electron chi connectivity index (χ1n) is 6.77. The molecular weight excluding hydrogens is 255 g/mol. The molecule has 0 bridgehead atoms. The lowest BCUT2D eigenvalue weighted by Gasteiger charge is -2.17. The normalized spacial score (nSPS) is 13.4. The van der Waals surface area contributed by atoms with Crippen molar-refractivity contribution < 1.29 is 4.39 Å². The minimum atomic E-state index is -0.214. The molecule has 0 aliphatic carbocycles. The highest BCUT2D eigenvalue weighted by Gasteiger charge is 2.15. The number of hydrogen-bond donors (Lipinski definition) is 1. The Morgan fingerprint density at radius 1 is 1.25 bits per heavy atom. The maximum atomic E-state index is 12.9. The quantitative estimate of drug-likeness (QED) is 0.933. The van der Waals surface area contributed by atoms with Gasteiger partial charge in [-0.2, -0.15) is 0 Å². The standard InChI is InChI=1S/C15H21FN4/c1-11(12-5-7-13(16)8-6-12)17-9-14-10-20(19-18-14)15(2,3)4/h5-8,10-11,17H,9H2,1-4H3. The van der Waals surface area contributed by atoms with E-state index < -0.39 is 0 Å². The van der Waals surface area contributed by atoms with E-state index in [1.165, 1.54) is 12.1 Å². The Balaban J connectivity index is 1.95. The van der Waals surface area contributed by atoms with Gasteiger partial charge in [0.2, 0.25) is 0 Å². The smallest absolute Gasteiger partial charge is 0.123 e. The molecule has 20 heavy (non-hydrogen) atoms. The summed E-state index contributed by atoms with van der Waals surface area (Å²) in [6.45, 7) is 8.93. The minimum Gasteiger partial charge on any atom is -0.304 e. The van der Waals surface area contributed by atoms with Crippen LogP contribution in [0.2, 0.25) is 0 Å². The predicted molar refractivity (Wildman–Crippen MR) is 76.7 cm³/mol. The number of benzene rings is 1. The molecule has 1 N–H and O–H groups in total. The molecule has 1 unspecified atom stereocenters. The van der Waals surface area contributed by atoms with Gasteiger partial charge in [0.15, 0.2) is 0 Å². The lowest BCUT2D eigenvalue weighted by molar-refractivity contribution is 0.347. The van der Waals surface area contributed by atoms with Gasteiger partial charge in [-0.05, 0) is 45.4 Å². The SMILES string of the molecule is CC(NCc1cn(C(C)(C)C)nn1)c1ccc(F)cc1. The first kappa shape index (κ1) is 14.7. The Hall–Kier alpha value is -1.75. The maximum Gasteiger partial charge on any atom is 0.123 e. The zero-order valence-corrected chi connectivity index (χ0v) is 12.4. The molecule has 1 atom stereocenters. The van der Waals surface area contributed by atoms with Gasteiger partial charge in [0.25, 0.3) is 0 Å². The van der Waals surface area contributed by atoms with Crippen molar-refractivity contribution in [2.45, 2.75) is 45.8 Å². The van der Waals surface area contributed by atoms with Gasteiger partial charge in [0.1, 0.15) is 5.82 Å². The average Bonchev–Trinajstić information content (AvgIpc) is 2.85. The Bertz CT molecular complexity index is 554. The van der Waals surface area contributed by atoms with Crippen LogP contribution in [0.3, 0.4) is 0 Å². The Morgan fingerprint density at radius 2 is 1.90 bits per heavy atom. The molecule has 5 heteroatoms. The van der Waals surface area contributed by atoms with Crippen molar-refractivity contribution in [1.29, 1.82) is 0 Å². The van der Waals surface area contributed by atoms with Crippen LogP contribution in [0.1, 0.15) is 45.0 Å². The summed E-state index contributed by atoms with van der Waals surface area (Å²) in [5.74, 6) is -0.214. The molecule has 0 amide bonds. The van der Waals surface area contributed by atoms with Gasteiger partial charge in [-0.15, -0.1) is 5.10 Å². The third kappa shape index (κ3) is 3.63. The van der Waals surface area contributed by atoms with Crippen LogP contribution in [-0.4, -0.2) is 15.0 Å². The highest BCUT2D eigenvalue weighted by Crippen LogP contribution is 2.14. The monoisotopic (exact) mass is 276 g/mol. The molecule has 0 spiro atoms. The van der Waals surface area contributed by atoms with Gasteiger partial charge in [-0.25, -0.2) is 9.07 Å². The molecule has 1 aromatic heterocycles. The summed E-state index contributed by atoms with van der Waals surface area (Å²) in [6, 6.07) is 6.67. The van der Waals surface area contributed by atoms with Gasteiger partial charge >= 0.3 is 0 Å². The summed E-state index contributed by atoms with van der Waals surface area (Å²) in [6.07, 6.45) is 1.95. The fourth-order valence-corrected chi connectivity index (χ4v) is 1.83. The second-order valence-corrected chi connectivity index (χ2v) is 5.98. The molecule has 0 aliphatic heterocycles. The van der Waals surface area contributed by atoms with E-state index >= 15 is 0 Å². The van der Waals surface area contributed by atoms with E-state index in [1.54, 1.807) is 12.1 Å². The van der Waals surface area contributed by atoms with Crippen molar-refractivity contribution in [3.8, 4) is 0 Å². The Kier molecular flexibility index (Phi) is 4.18. The zero-order chi connectivity index (χ0) is 14.8. The molecule has 1 heterocycles. The lowest BCUT2D eigenvalue weighted by atomic mass is 10.1. The van der Waals surface area contributed by atoms with E-state index in [0.29, 0.717) is 6.54 Å². The third-order valence-electron chi connectivity index (χ3n) is 3.19. The van der Waals surface area contributed by atoms with Gasteiger partial charge in [-0.3, -0.25) is 0 Å². The van der Waals surface area contributed by atoms with Crippen LogP contribution >= 0.6 is 0 Å². The molecule has 0 radical (unpaired) electrons. The lowest BCUT2D eigenvalue weighted by Crippen LogP contribution is -2.22. The number of hydrogen-bond acceptors (Lipinski definition) is 3. The number of nitrogens with zero attached hydrogens (tertiary/aromatic N) is 3. The fraction of sp³-hybridized carbons (Fsp3) is 0.467. The number of rotatable bonds is 4. The van der Waals surface area contributed by atoms with E-state index in [9.17, 15) is 4.39 Å². The van der Waals surface area contributed by atoms with Gasteiger partial charge in [0.05, 0.1) is 17.4 Å². The predicted octanol–water partition coefficient (Wildman–Crippen LogP) is 3.02. The van der Waals surface area contributed by atoms with Crippen LogP contribution in [0, 0.1) is 5.82 Å². The van der Waals surface area contributed by atoms with Crippen molar-refractivity contribution in [2.75, 3.05) is 0 Å². The van der Waals surface area contributed by atoms with Crippen LogP contribution in [0.4, 0.5) is 4.39 Å². The number of aromatic nitrogens is 3.